The highest BCUT2D eigenvalue weighted by Crippen LogP contribution is 2.26. The molecule has 0 saturated carbocycles. The number of likely N-dealkylation sites (tertiary alicyclic amines) is 1. The van der Waals surface area contributed by atoms with E-state index in [1.165, 1.54) is 16.7 Å². The van der Waals surface area contributed by atoms with Crippen LogP contribution in [0.25, 0.3) is 22.0 Å². The molecule has 1 fully saturated rings. The Balaban J connectivity index is 1.22. The molecule has 1 saturated heterocycles. The van der Waals surface area contributed by atoms with Gasteiger partial charge < -0.3 is 10.6 Å². The number of fused-ring (bicyclic) bond motifs is 1. The van der Waals surface area contributed by atoms with Crippen molar-refractivity contribution in [3.8, 4) is 11.1 Å². The average Bonchev–Trinajstić information content (AvgIpc) is 3.26. The molecule has 0 unspecified atom stereocenters. The number of anilines is 1. The topological polar surface area (TPSA) is 57.3 Å². The first-order valence-electron chi connectivity index (χ1n) is 11.5. The molecule has 1 aromatic heterocycles. The van der Waals surface area contributed by atoms with Gasteiger partial charge in [-0.15, -0.1) is 0 Å². The van der Waals surface area contributed by atoms with Gasteiger partial charge in [-0.3, -0.25) is 9.88 Å². The minimum atomic E-state index is -0.165. The van der Waals surface area contributed by atoms with E-state index >= 15 is 0 Å². The number of amides is 2. The number of hydrogen-bond donors (Lipinski definition) is 2. The second kappa shape index (κ2) is 9.43. The van der Waals surface area contributed by atoms with Crippen LogP contribution in [0.15, 0.2) is 84.9 Å². The summed E-state index contributed by atoms with van der Waals surface area (Å²) in [5.41, 5.74) is 6.38. The maximum Gasteiger partial charge on any atom is 0.319 e. The minimum Gasteiger partial charge on any atom is -0.334 e. The molecule has 3 aromatic carbocycles. The summed E-state index contributed by atoms with van der Waals surface area (Å²) < 4.78 is 0. The van der Waals surface area contributed by atoms with Gasteiger partial charge >= 0.3 is 6.03 Å². The Labute approximate surface area is 194 Å². The molecule has 0 bridgehead atoms. The van der Waals surface area contributed by atoms with Crippen LogP contribution < -0.4 is 10.6 Å². The molecule has 33 heavy (non-hydrogen) atoms. The lowest BCUT2D eigenvalue weighted by atomic mass is 9.99. The zero-order chi connectivity index (χ0) is 22.6. The third-order valence-electron chi connectivity index (χ3n) is 6.20. The molecule has 166 valence electrons. The van der Waals surface area contributed by atoms with Crippen molar-refractivity contribution < 1.29 is 4.79 Å². The first kappa shape index (κ1) is 21.2. The Hall–Kier alpha value is -3.70. The summed E-state index contributed by atoms with van der Waals surface area (Å²) >= 11 is 0. The number of nitrogens with zero attached hydrogens (tertiary/aromatic N) is 2. The summed E-state index contributed by atoms with van der Waals surface area (Å²) in [7, 11) is 0. The minimum absolute atomic E-state index is 0.128. The van der Waals surface area contributed by atoms with E-state index in [0.29, 0.717) is 0 Å². The van der Waals surface area contributed by atoms with Gasteiger partial charge in [-0.1, -0.05) is 72.8 Å². The van der Waals surface area contributed by atoms with Gasteiger partial charge in [-0.25, -0.2) is 4.79 Å². The highest BCUT2D eigenvalue weighted by atomic mass is 16.2. The van der Waals surface area contributed by atoms with Gasteiger partial charge in [-0.05, 0) is 42.2 Å². The maximum absolute atomic E-state index is 12.8. The Morgan fingerprint density at radius 2 is 1.76 bits per heavy atom. The lowest BCUT2D eigenvalue weighted by Crippen LogP contribution is -2.39. The van der Waals surface area contributed by atoms with Gasteiger partial charge in [0.15, 0.2) is 0 Å². The number of hydrogen-bond acceptors (Lipinski definition) is 3. The van der Waals surface area contributed by atoms with Gasteiger partial charge in [0.2, 0.25) is 0 Å². The lowest BCUT2D eigenvalue weighted by Gasteiger charge is -2.19. The molecule has 0 aliphatic carbocycles. The smallest absolute Gasteiger partial charge is 0.319 e. The normalized spacial score (nSPS) is 16.1. The summed E-state index contributed by atoms with van der Waals surface area (Å²) in [4.78, 5) is 19.7. The first-order chi connectivity index (χ1) is 16.2. The second-order valence-corrected chi connectivity index (χ2v) is 8.67. The van der Waals surface area contributed by atoms with Crippen LogP contribution in [0.1, 0.15) is 17.7 Å². The quantitative estimate of drug-likeness (QED) is 0.428. The zero-order valence-electron chi connectivity index (χ0n) is 18.8. The third kappa shape index (κ3) is 4.89. The molecular formula is C28H28N4O. The molecular weight excluding hydrogens is 408 g/mol. The Morgan fingerprint density at radius 1 is 1.00 bits per heavy atom. The number of carbonyl (C=O) groups is 1. The number of benzene rings is 3. The standard InChI is InChI=1S/C28H28N4O/c1-20-17-27(25-13-7-8-14-26(25)29-20)31-28(33)30-23-15-16-32(19-23)18-22-11-5-6-12-24(22)21-9-3-2-4-10-21/h2-14,17,23H,15-16,18-19H2,1H3,(H2,29,30,31,33)/t23-/m1/s1. The van der Waals surface area contributed by atoms with Gasteiger partial charge in [0.25, 0.3) is 0 Å². The number of para-hydroxylation sites is 1. The summed E-state index contributed by atoms with van der Waals surface area (Å²) in [6, 6.07) is 28.8. The lowest BCUT2D eigenvalue weighted by molar-refractivity contribution is 0.247. The van der Waals surface area contributed by atoms with Crippen molar-refractivity contribution in [3.63, 3.8) is 0 Å². The summed E-state index contributed by atoms with van der Waals surface area (Å²) in [6.07, 6.45) is 0.942. The number of rotatable bonds is 5. The van der Waals surface area contributed by atoms with Gasteiger partial charge in [0, 0.05) is 36.8 Å². The van der Waals surface area contributed by atoms with E-state index in [1.807, 2.05) is 43.3 Å². The number of pyridine rings is 1. The van der Waals surface area contributed by atoms with E-state index in [1.54, 1.807) is 0 Å². The van der Waals surface area contributed by atoms with Gasteiger partial charge in [0.1, 0.15) is 0 Å². The van der Waals surface area contributed by atoms with Crippen LogP contribution in [-0.2, 0) is 6.54 Å². The molecule has 2 N–H and O–H groups in total. The van der Waals surface area contributed by atoms with E-state index in [-0.39, 0.29) is 12.1 Å². The molecule has 0 radical (unpaired) electrons. The second-order valence-electron chi connectivity index (χ2n) is 8.67. The predicted molar refractivity (Wildman–Crippen MR) is 134 cm³/mol. The monoisotopic (exact) mass is 436 g/mol. The molecule has 1 aliphatic rings. The van der Waals surface area contributed by atoms with Crippen molar-refractivity contribution in [1.82, 2.24) is 15.2 Å². The summed E-state index contributed by atoms with van der Waals surface area (Å²) in [5.74, 6) is 0. The Bertz CT molecular complexity index is 1270. The maximum atomic E-state index is 12.8. The molecule has 1 atom stereocenters. The first-order valence-corrected chi connectivity index (χ1v) is 11.5. The molecule has 0 spiro atoms. The molecule has 2 heterocycles. The van der Waals surface area contributed by atoms with E-state index in [0.717, 1.165) is 48.3 Å². The van der Waals surface area contributed by atoms with E-state index in [2.05, 4.69) is 69.0 Å². The number of aryl methyl sites for hydroxylation is 1. The largest absolute Gasteiger partial charge is 0.334 e. The van der Waals surface area contributed by atoms with Crippen molar-refractivity contribution in [3.05, 3.63) is 96.2 Å². The average molecular weight is 437 g/mol. The molecule has 5 nitrogen and oxygen atoms in total. The van der Waals surface area contributed by atoms with Gasteiger partial charge in [-0.2, -0.15) is 0 Å². The predicted octanol–water partition coefficient (Wildman–Crippen LogP) is 5.61. The molecule has 1 aliphatic heterocycles. The highest BCUT2D eigenvalue weighted by Gasteiger charge is 2.24. The van der Waals surface area contributed by atoms with E-state index in [4.69, 9.17) is 0 Å². The third-order valence-corrected chi connectivity index (χ3v) is 6.20. The highest BCUT2D eigenvalue weighted by molar-refractivity contribution is 6.00. The zero-order valence-corrected chi connectivity index (χ0v) is 18.8. The van der Waals surface area contributed by atoms with Crippen molar-refractivity contribution in [2.75, 3.05) is 18.4 Å². The van der Waals surface area contributed by atoms with Crippen molar-refractivity contribution in [1.29, 1.82) is 0 Å². The van der Waals surface area contributed by atoms with E-state index in [9.17, 15) is 4.79 Å². The number of urea groups is 1. The summed E-state index contributed by atoms with van der Waals surface area (Å²) in [6.45, 7) is 4.62. The van der Waals surface area contributed by atoms with Crippen LogP contribution in [0, 0.1) is 6.92 Å². The van der Waals surface area contributed by atoms with Crippen LogP contribution in [0.5, 0.6) is 0 Å². The van der Waals surface area contributed by atoms with Crippen LogP contribution in [0.3, 0.4) is 0 Å². The van der Waals surface area contributed by atoms with Crippen LogP contribution in [0.4, 0.5) is 10.5 Å². The summed E-state index contributed by atoms with van der Waals surface area (Å²) in [5, 5.41) is 7.15. The number of aromatic nitrogens is 1. The fourth-order valence-electron chi connectivity index (χ4n) is 4.65. The SMILES string of the molecule is Cc1cc(NC(=O)N[C@@H]2CCN(Cc3ccccc3-c3ccccc3)C2)c2ccccc2n1. The fraction of sp³-hybridized carbons (Fsp3) is 0.214. The molecule has 4 aromatic rings. The Morgan fingerprint density at radius 3 is 2.64 bits per heavy atom. The van der Waals surface area contributed by atoms with Crippen molar-refractivity contribution >= 4 is 22.6 Å². The van der Waals surface area contributed by atoms with Crippen LogP contribution in [0.2, 0.25) is 0 Å². The van der Waals surface area contributed by atoms with Crippen LogP contribution in [-0.4, -0.2) is 35.0 Å². The van der Waals surface area contributed by atoms with Gasteiger partial charge in [0.05, 0.1) is 11.2 Å². The van der Waals surface area contributed by atoms with Crippen molar-refractivity contribution in [2.24, 2.45) is 0 Å². The van der Waals surface area contributed by atoms with E-state index < -0.39 is 0 Å². The number of nitrogens with one attached hydrogen (secondary N) is 2. The molecule has 2 amide bonds. The van der Waals surface area contributed by atoms with Crippen molar-refractivity contribution in [2.45, 2.75) is 25.9 Å². The molecule has 5 heteroatoms. The Kier molecular flexibility index (Phi) is 6.05. The fourth-order valence-corrected chi connectivity index (χ4v) is 4.65. The molecule has 5 rings (SSSR count). The van der Waals surface area contributed by atoms with Crippen LogP contribution >= 0.6 is 0 Å². The number of carbonyl (C=O) groups excluding carboxylic acids is 1.